The number of carbonyl (C=O) groups is 2. The lowest BCUT2D eigenvalue weighted by Crippen LogP contribution is -2.45. The normalized spacial score (nSPS) is 17.8. The number of benzene rings is 1. The number of ether oxygens (including phenoxy) is 1. The maximum absolute atomic E-state index is 12.8. The summed E-state index contributed by atoms with van der Waals surface area (Å²) < 4.78 is 30.8. The van der Waals surface area contributed by atoms with Crippen LogP contribution < -0.4 is 0 Å². The molecular formula is C18H24N2O5S. The second-order valence-corrected chi connectivity index (χ2v) is 7.40. The van der Waals surface area contributed by atoms with Crippen LogP contribution in [0.1, 0.15) is 38.7 Å². The zero-order valence-corrected chi connectivity index (χ0v) is 15.8. The number of hydrogen-bond donors (Lipinski definition) is 0. The Balaban J connectivity index is 2.06. The van der Waals surface area contributed by atoms with E-state index in [0.717, 1.165) is 5.56 Å². The monoisotopic (exact) mass is 380 g/mol. The minimum absolute atomic E-state index is 0.0994. The molecule has 0 aromatic heterocycles. The van der Waals surface area contributed by atoms with E-state index in [0.29, 0.717) is 25.8 Å². The van der Waals surface area contributed by atoms with E-state index in [1.54, 1.807) is 0 Å². The first-order valence-electron chi connectivity index (χ1n) is 8.69. The number of rotatable bonds is 7. The van der Waals surface area contributed by atoms with E-state index in [1.165, 1.54) is 4.90 Å². The fourth-order valence-corrected chi connectivity index (χ4v) is 3.42. The van der Waals surface area contributed by atoms with Crippen LogP contribution in [0.3, 0.4) is 0 Å². The highest BCUT2D eigenvalue weighted by atomic mass is 32.2. The van der Waals surface area contributed by atoms with Crippen molar-refractivity contribution in [2.75, 3.05) is 6.54 Å². The first-order valence-corrected chi connectivity index (χ1v) is 9.73. The largest absolute Gasteiger partial charge is 0.459 e. The number of esters is 1. The molecule has 2 atom stereocenters. The van der Waals surface area contributed by atoms with Gasteiger partial charge in [0.05, 0.1) is 0 Å². The molecule has 2 rings (SSSR count). The zero-order chi connectivity index (χ0) is 19.1. The van der Waals surface area contributed by atoms with E-state index in [4.69, 9.17) is 4.74 Å². The van der Waals surface area contributed by atoms with Crippen LogP contribution in [0.5, 0.6) is 0 Å². The van der Waals surface area contributed by atoms with Gasteiger partial charge in [-0.2, -0.15) is 12.8 Å². The smallest absolute Gasteiger partial charge is 0.329 e. The van der Waals surface area contributed by atoms with E-state index in [9.17, 15) is 18.0 Å². The van der Waals surface area contributed by atoms with Gasteiger partial charge in [-0.3, -0.25) is 4.79 Å². The molecule has 1 heterocycles. The molecule has 7 nitrogen and oxygen atoms in total. The quantitative estimate of drug-likeness (QED) is 0.676. The van der Waals surface area contributed by atoms with Crippen LogP contribution >= 0.6 is 0 Å². The molecule has 0 spiro atoms. The Labute approximate surface area is 155 Å². The summed E-state index contributed by atoms with van der Waals surface area (Å²) in [5, 5.41) is 0. The molecule has 1 aliphatic heterocycles. The van der Waals surface area contributed by atoms with Crippen LogP contribution in [0.25, 0.3) is 0 Å². The topological polar surface area (TPSA) is 93.1 Å². The SMILES string of the molecule is CC(C)CC(N=S(=O)=O)C(=O)N1CCC[C@H]1C(=O)OCc1ccccc1. The zero-order valence-electron chi connectivity index (χ0n) is 15.0. The van der Waals surface area contributed by atoms with Crippen molar-refractivity contribution in [2.24, 2.45) is 10.3 Å². The third-order valence-corrected chi connectivity index (χ3v) is 4.65. The first kappa shape index (κ1) is 20.1. The minimum atomic E-state index is -2.67. The average molecular weight is 380 g/mol. The van der Waals surface area contributed by atoms with Crippen molar-refractivity contribution in [3.05, 3.63) is 35.9 Å². The average Bonchev–Trinajstić information content (AvgIpc) is 3.08. The van der Waals surface area contributed by atoms with Crippen LogP contribution in [0.15, 0.2) is 34.7 Å². The van der Waals surface area contributed by atoms with Crippen LogP contribution in [-0.4, -0.2) is 43.8 Å². The molecule has 0 N–H and O–H groups in total. The molecule has 0 saturated carbocycles. The lowest BCUT2D eigenvalue weighted by Gasteiger charge is -2.26. The maximum atomic E-state index is 12.8. The second kappa shape index (κ2) is 9.47. The summed E-state index contributed by atoms with van der Waals surface area (Å²) in [5.41, 5.74) is 0.867. The number of amides is 1. The molecule has 8 heteroatoms. The van der Waals surface area contributed by atoms with Gasteiger partial charge in [-0.1, -0.05) is 44.2 Å². The van der Waals surface area contributed by atoms with Gasteiger partial charge in [-0.25, -0.2) is 4.79 Å². The van der Waals surface area contributed by atoms with Crippen LogP contribution in [-0.2, 0) is 31.4 Å². The molecule has 1 fully saturated rings. The molecule has 1 unspecified atom stereocenters. The van der Waals surface area contributed by atoms with Gasteiger partial charge >= 0.3 is 16.5 Å². The third kappa shape index (κ3) is 5.66. The van der Waals surface area contributed by atoms with E-state index in [-0.39, 0.29) is 12.5 Å². The minimum Gasteiger partial charge on any atom is -0.459 e. The standard InChI is InChI=1S/C18H24N2O5S/c1-13(2)11-15(19-26(23)24)17(21)20-10-6-9-16(20)18(22)25-12-14-7-4-3-5-8-14/h3-5,7-8,13,15-16H,6,9-12H2,1-2H3/t15?,16-/m0/s1. The molecule has 26 heavy (non-hydrogen) atoms. The predicted octanol–water partition coefficient (Wildman–Crippen LogP) is 2.20. The van der Waals surface area contributed by atoms with Crippen LogP contribution in [0, 0.1) is 5.92 Å². The van der Waals surface area contributed by atoms with Gasteiger partial charge < -0.3 is 9.64 Å². The Morgan fingerprint density at radius 1 is 1.27 bits per heavy atom. The maximum Gasteiger partial charge on any atom is 0.329 e. The Bertz CT molecular complexity index is 753. The Hall–Kier alpha value is -2.22. The molecule has 1 aromatic carbocycles. The molecule has 1 amide bonds. The molecule has 142 valence electrons. The van der Waals surface area contributed by atoms with Gasteiger partial charge in [0.1, 0.15) is 18.7 Å². The highest BCUT2D eigenvalue weighted by Gasteiger charge is 2.38. The number of carbonyl (C=O) groups excluding carboxylic acids is 2. The lowest BCUT2D eigenvalue weighted by molar-refractivity contribution is -0.154. The van der Waals surface area contributed by atoms with Crippen molar-refractivity contribution >= 4 is 22.4 Å². The van der Waals surface area contributed by atoms with Crippen LogP contribution in [0.4, 0.5) is 0 Å². The Kier molecular flexibility index (Phi) is 7.32. The van der Waals surface area contributed by atoms with E-state index in [2.05, 4.69) is 4.36 Å². The molecule has 0 aliphatic carbocycles. The van der Waals surface area contributed by atoms with Gasteiger partial charge in [-0.15, -0.1) is 0 Å². The lowest BCUT2D eigenvalue weighted by atomic mass is 10.0. The summed E-state index contributed by atoms with van der Waals surface area (Å²) in [6.07, 6.45) is 1.50. The molecule has 1 saturated heterocycles. The second-order valence-electron chi connectivity index (χ2n) is 6.75. The van der Waals surface area contributed by atoms with Gasteiger partial charge in [0.15, 0.2) is 0 Å². The fraction of sp³-hybridized carbons (Fsp3) is 0.556. The van der Waals surface area contributed by atoms with Gasteiger partial charge in [0.2, 0.25) is 5.91 Å². The summed E-state index contributed by atoms with van der Waals surface area (Å²) in [5.74, 6) is -0.796. The summed E-state index contributed by atoms with van der Waals surface area (Å²) in [4.78, 5) is 26.6. The van der Waals surface area contributed by atoms with Crippen molar-refractivity contribution in [1.29, 1.82) is 0 Å². The van der Waals surface area contributed by atoms with Gasteiger partial charge in [-0.05, 0) is 30.7 Å². The van der Waals surface area contributed by atoms with Crippen molar-refractivity contribution in [3.8, 4) is 0 Å². The van der Waals surface area contributed by atoms with Crippen molar-refractivity contribution in [2.45, 2.75) is 51.8 Å². The summed E-state index contributed by atoms with van der Waals surface area (Å²) in [6, 6.07) is 7.62. The molecule has 1 aromatic rings. The van der Waals surface area contributed by atoms with Crippen molar-refractivity contribution in [3.63, 3.8) is 0 Å². The van der Waals surface area contributed by atoms with E-state index >= 15 is 0 Å². The number of likely N-dealkylation sites (tertiary alicyclic amines) is 1. The van der Waals surface area contributed by atoms with Gasteiger partial charge in [0, 0.05) is 6.54 Å². The highest BCUT2D eigenvalue weighted by Crippen LogP contribution is 2.22. The molecule has 1 aliphatic rings. The van der Waals surface area contributed by atoms with Crippen molar-refractivity contribution < 1.29 is 22.7 Å². The summed E-state index contributed by atoms with van der Waals surface area (Å²) >= 11 is 0. The van der Waals surface area contributed by atoms with Gasteiger partial charge in [0.25, 0.3) is 0 Å². The van der Waals surface area contributed by atoms with Crippen LogP contribution in [0.2, 0.25) is 0 Å². The molecule has 0 radical (unpaired) electrons. The highest BCUT2D eigenvalue weighted by molar-refractivity contribution is 7.61. The third-order valence-electron chi connectivity index (χ3n) is 4.22. The summed E-state index contributed by atoms with van der Waals surface area (Å²) in [7, 11) is -2.67. The number of nitrogens with zero attached hydrogens (tertiary/aromatic N) is 2. The fourth-order valence-electron chi connectivity index (χ4n) is 3.03. The first-order chi connectivity index (χ1) is 12.4. The summed E-state index contributed by atoms with van der Waals surface area (Å²) in [6.45, 7) is 4.32. The molecule has 0 bridgehead atoms. The van der Waals surface area contributed by atoms with E-state index < -0.39 is 34.5 Å². The predicted molar refractivity (Wildman–Crippen MR) is 95.6 cm³/mol. The Morgan fingerprint density at radius 3 is 2.58 bits per heavy atom. The van der Waals surface area contributed by atoms with Crippen molar-refractivity contribution in [1.82, 2.24) is 4.90 Å². The molecular weight excluding hydrogens is 356 g/mol. The van der Waals surface area contributed by atoms with E-state index in [1.807, 2.05) is 44.2 Å². The number of hydrogen-bond acceptors (Lipinski definition) is 6. The Morgan fingerprint density at radius 2 is 1.96 bits per heavy atom.